The fourth-order valence-electron chi connectivity index (χ4n) is 4.98. The number of benzene rings is 2. The van der Waals surface area contributed by atoms with E-state index in [-0.39, 0.29) is 11.3 Å². The lowest BCUT2D eigenvalue weighted by Gasteiger charge is -2.47. The van der Waals surface area contributed by atoms with Gasteiger partial charge in [0.05, 0.1) is 49.6 Å². The van der Waals surface area contributed by atoms with Crippen molar-refractivity contribution in [1.82, 2.24) is 24.5 Å². The minimum atomic E-state index is -4.98. The number of ether oxygens (including phenoxy) is 3. The summed E-state index contributed by atoms with van der Waals surface area (Å²) in [5.74, 6) is -1.48. The minimum absolute atomic E-state index is 0.227. The third-order valence-corrected chi connectivity index (χ3v) is 6.95. The van der Waals surface area contributed by atoms with Crippen LogP contribution < -0.4 is 14.2 Å². The number of alkyl halides is 5. The van der Waals surface area contributed by atoms with Crippen molar-refractivity contribution < 1.29 is 46.1 Å². The number of methoxy groups -OCH3 is 1. The van der Waals surface area contributed by atoms with E-state index in [0.717, 1.165) is 11.1 Å². The number of hydrogen-bond donors (Lipinski definition) is 1. The number of fused-ring (bicyclic) bond motifs is 1. The third kappa shape index (κ3) is 4.97. The highest BCUT2D eigenvalue weighted by molar-refractivity contribution is 6.04. The zero-order chi connectivity index (χ0) is 30.6. The van der Waals surface area contributed by atoms with Crippen LogP contribution in [0.2, 0.25) is 0 Å². The van der Waals surface area contributed by atoms with E-state index in [4.69, 9.17) is 9.47 Å². The molecular formula is C27H26F5N5O5. The van der Waals surface area contributed by atoms with Crippen molar-refractivity contribution in [3.05, 3.63) is 42.2 Å². The van der Waals surface area contributed by atoms with E-state index in [1.165, 1.54) is 23.9 Å². The molecule has 0 spiro atoms. The average Bonchev–Trinajstić information content (AvgIpc) is 3.47. The van der Waals surface area contributed by atoms with Crippen molar-refractivity contribution in [2.24, 2.45) is 14.1 Å². The van der Waals surface area contributed by atoms with Gasteiger partial charge >= 0.3 is 12.8 Å². The lowest BCUT2D eigenvalue weighted by Crippen LogP contribution is -2.70. The number of β-amino-alcohol motifs (C(OH)–C–C–N with tert-alkyl or cyclic N) is 1. The Morgan fingerprint density at radius 3 is 2.31 bits per heavy atom. The first-order valence-corrected chi connectivity index (χ1v) is 12.6. The molecule has 0 aliphatic carbocycles. The highest BCUT2D eigenvalue weighted by Crippen LogP contribution is 2.44. The van der Waals surface area contributed by atoms with Gasteiger partial charge in [0.15, 0.2) is 5.60 Å². The number of aliphatic hydroxyl groups is 1. The Hall–Kier alpha value is -4.40. The fraction of sp³-hybridized carbons (Fsp3) is 0.370. The van der Waals surface area contributed by atoms with E-state index in [2.05, 4.69) is 14.9 Å². The number of halogens is 5. The maximum absolute atomic E-state index is 13.5. The Kier molecular flexibility index (Phi) is 7.25. The number of carbonyl (C=O) groups excluding carboxylic acids is 1. The number of rotatable bonds is 8. The predicted molar refractivity (Wildman–Crippen MR) is 140 cm³/mol. The number of aromatic nitrogens is 4. The van der Waals surface area contributed by atoms with Crippen LogP contribution >= 0.6 is 0 Å². The number of nitrogens with zero attached hydrogens (tertiary/aromatic N) is 5. The second-order valence-corrected chi connectivity index (χ2v) is 9.80. The molecule has 0 bridgehead atoms. The molecule has 3 heterocycles. The molecule has 1 aliphatic heterocycles. The van der Waals surface area contributed by atoms with Crippen molar-refractivity contribution >= 4 is 16.8 Å². The third-order valence-electron chi connectivity index (χ3n) is 6.95. The Bertz CT molecular complexity index is 1660. The molecule has 10 nitrogen and oxygen atoms in total. The molecule has 1 aliphatic rings. The molecule has 0 radical (unpaired) electrons. The van der Waals surface area contributed by atoms with Crippen LogP contribution in [0.4, 0.5) is 22.0 Å². The summed E-state index contributed by atoms with van der Waals surface area (Å²) in [7, 11) is 4.59. The highest BCUT2D eigenvalue weighted by atomic mass is 19.4. The van der Waals surface area contributed by atoms with Crippen LogP contribution in [-0.4, -0.2) is 80.7 Å². The molecule has 1 amide bonds. The molecule has 5 rings (SSSR count). The van der Waals surface area contributed by atoms with Gasteiger partial charge in [0, 0.05) is 31.4 Å². The zero-order valence-electron chi connectivity index (χ0n) is 22.9. The fourth-order valence-corrected chi connectivity index (χ4v) is 4.98. The first kappa shape index (κ1) is 29.1. The molecule has 2 aromatic heterocycles. The maximum atomic E-state index is 13.5. The predicted octanol–water partition coefficient (Wildman–Crippen LogP) is 4.40. The van der Waals surface area contributed by atoms with Crippen molar-refractivity contribution in [3.63, 3.8) is 0 Å². The topological polar surface area (TPSA) is 104 Å². The van der Waals surface area contributed by atoms with Crippen LogP contribution in [0.1, 0.15) is 17.3 Å². The molecule has 15 heteroatoms. The van der Waals surface area contributed by atoms with Crippen molar-refractivity contribution in [2.45, 2.75) is 25.3 Å². The van der Waals surface area contributed by atoms with Gasteiger partial charge in [-0.2, -0.15) is 32.1 Å². The van der Waals surface area contributed by atoms with Gasteiger partial charge in [0.1, 0.15) is 22.8 Å². The van der Waals surface area contributed by atoms with Crippen LogP contribution in [0.3, 0.4) is 0 Å². The summed E-state index contributed by atoms with van der Waals surface area (Å²) in [6.45, 7) is -3.41. The molecule has 42 heavy (non-hydrogen) atoms. The van der Waals surface area contributed by atoms with Crippen molar-refractivity contribution in [2.75, 3.05) is 26.8 Å². The van der Waals surface area contributed by atoms with Crippen molar-refractivity contribution in [3.8, 4) is 39.6 Å². The van der Waals surface area contributed by atoms with Gasteiger partial charge < -0.3 is 24.2 Å². The van der Waals surface area contributed by atoms with Crippen LogP contribution in [0.25, 0.3) is 33.3 Å². The molecule has 4 aromatic rings. The smallest absolute Gasteiger partial charge is 0.420 e. The molecule has 0 unspecified atom stereocenters. The lowest BCUT2D eigenvalue weighted by molar-refractivity contribution is -0.294. The summed E-state index contributed by atoms with van der Waals surface area (Å²) in [4.78, 5) is 13.9. The minimum Gasteiger partial charge on any atom is -0.496 e. The van der Waals surface area contributed by atoms with Gasteiger partial charge in [0.25, 0.3) is 5.91 Å². The molecular weight excluding hydrogens is 569 g/mol. The monoisotopic (exact) mass is 595 g/mol. The number of carbonyl (C=O) groups is 1. The van der Waals surface area contributed by atoms with E-state index in [9.17, 15) is 31.9 Å². The maximum Gasteiger partial charge on any atom is 0.420 e. The molecule has 2 aromatic carbocycles. The summed E-state index contributed by atoms with van der Waals surface area (Å²) in [5.41, 5.74) is -0.837. The number of aryl methyl sites for hydroxylation is 2. The van der Waals surface area contributed by atoms with E-state index in [0.29, 0.717) is 33.9 Å². The summed E-state index contributed by atoms with van der Waals surface area (Å²) in [6, 6.07) is 6.16. The standard InChI is InChI=1S/C27H26F5N5O5/c1-5-41-19-7-14(16-10-33-35(2)11-16)6-17-21(19)23(36(3)34-17)15-8-18(40-4)22(20(9-15)42-25(28)29)24(38)37-12-26(39,13-37)27(30,31)32/h6-11,25,39H,5,12-13H2,1-4H3. The van der Waals surface area contributed by atoms with Crippen LogP contribution in [0, 0.1) is 0 Å². The van der Waals surface area contributed by atoms with Crippen LogP contribution in [0.15, 0.2) is 36.7 Å². The molecule has 0 atom stereocenters. The Morgan fingerprint density at radius 1 is 1.07 bits per heavy atom. The normalized spacial score (nSPS) is 14.8. The van der Waals surface area contributed by atoms with Crippen LogP contribution in [-0.2, 0) is 14.1 Å². The molecule has 0 saturated carbocycles. The lowest BCUT2D eigenvalue weighted by atomic mass is 9.92. The summed E-state index contributed by atoms with van der Waals surface area (Å²) < 4.78 is 85.6. The SMILES string of the molecule is CCOc1cc(-c2cnn(C)c2)cc2nn(C)c(-c3cc(OC)c(C(=O)N4CC(O)(C(F)(F)F)C4)c(OC(F)F)c3)c12. The average molecular weight is 596 g/mol. The van der Waals surface area contributed by atoms with Gasteiger partial charge in [-0.25, -0.2) is 0 Å². The Labute approximate surface area is 235 Å². The Morgan fingerprint density at radius 2 is 1.74 bits per heavy atom. The second-order valence-electron chi connectivity index (χ2n) is 9.80. The Balaban J connectivity index is 1.64. The number of likely N-dealkylation sites (tertiary alicyclic amines) is 1. The molecule has 1 fully saturated rings. The van der Waals surface area contributed by atoms with E-state index < -0.39 is 48.7 Å². The molecule has 1 N–H and O–H groups in total. The van der Waals surface area contributed by atoms with Gasteiger partial charge in [-0.05, 0) is 36.8 Å². The number of hydrogen-bond acceptors (Lipinski definition) is 7. The summed E-state index contributed by atoms with van der Waals surface area (Å²) >= 11 is 0. The summed E-state index contributed by atoms with van der Waals surface area (Å²) in [5, 5.41) is 19.1. The van der Waals surface area contributed by atoms with Crippen molar-refractivity contribution in [1.29, 1.82) is 0 Å². The molecule has 1 saturated heterocycles. The second kappa shape index (κ2) is 10.5. The quantitative estimate of drug-likeness (QED) is 0.301. The van der Waals surface area contributed by atoms with E-state index in [1.54, 1.807) is 38.0 Å². The van der Waals surface area contributed by atoms with Gasteiger partial charge in [-0.1, -0.05) is 0 Å². The van der Waals surface area contributed by atoms with E-state index in [1.807, 2.05) is 12.3 Å². The van der Waals surface area contributed by atoms with Gasteiger partial charge in [0.2, 0.25) is 0 Å². The first-order valence-electron chi connectivity index (χ1n) is 12.6. The first-order chi connectivity index (χ1) is 19.8. The highest BCUT2D eigenvalue weighted by Gasteiger charge is 2.62. The summed E-state index contributed by atoms with van der Waals surface area (Å²) in [6.07, 6.45) is -1.47. The van der Waals surface area contributed by atoms with E-state index >= 15 is 0 Å². The zero-order valence-corrected chi connectivity index (χ0v) is 22.9. The van der Waals surface area contributed by atoms with Gasteiger partial charge in [-0.15, -0.1) is 0 Å². The number of amides is 1. The molecule has 224 valence electrons. The van der Waals surface area contributed by atoms with Gasteiger partial charge in [-0.3, -0.25) is 14.2 Å². The van der Waals surface area contributed by atoms with Crippen LogP contribution in [0.5, 0.6) is 17.2 Å². The largest absolute Gasteiger partial charge is 0.496 e.